The number of hydrogen-bond donors (Lipinski definition) is 1. The van der Waals surface area contributed by atoms with Crippen molar-refractivity contribution >= 4 is 16.8 Å². The Labute approximate surface area is 147 Å². The van der Waals surface area contributed by atoms with Crippen molar-refractivity contribution in [2.24, 2.45) is 0 Å². The zero-order chi connectivity index (χ0) is 17.2. The van der Waals surface area contributed by atoms with Gasteiger partial charge in [-0.15, -0.1) is 0 Å². The summed E-state index contributed by atoms with van der Waals surface area (Å²) in [6, 6.07) is 16.3. The molecule has 0 atom stereocenters. The standard InChI is InChI=1S/C21H22N2O2/c1-2-25-17-7-5-6-15(12-17)14-23(16-10-11-16)21(24)19-13-22-20-9-4-3-8-18(19)20/h3-9,12-13,16,22H,2,10-11,14H2,1H3. The van der Waals surface area contributed by atoms with Gasteiger partial charge in [-0.1, -0.05) is 30.3 Å². The minimum absolute atomic E-state index is 0.0989. The molecule has 3 aromatic rings. The van der Waals surface area contributed by atoms with Crippen LogP contribution in [0.3, 0.4) is 0 Å². The van der Waals surface area contributed by atoms with E-state index in [0.717, 1.165) is 40.6 Å². The quantitative estimate of drug-likeness (QED) is 0.727. The van der Waals surface area contributed by atoms with Crippen LogP contribution < -0.4 is 4.74 Å². The number of nitrogens with zero attached hydrogens (tertiary/aromatic N) is 1. The second kappa shape index (κ2) is 6.63. The molecule has 0 spiro atoms. The summed E-state index contributed by atoms with van der Waals surface area (Å²) < 4.78 is 5.59. The average molecular weight is 334 g/mol. The first-order valence-corrected chi connectivity index (χ1v) is 8.85. The van der Waals surface area contributed by atoms with E-state index >= 15 is 0 Å². The van der Waals surface area contributed by atoms with Crippen molar-refractivity contribution in [2.45, 2.75) is 32.4 Å². The third-order valence-corrected chi connectivity index (χ3v) is 4.63. The van der Waals surface area contributed by atoms with Crippen LogP contribution in [0.1, 0.15) is 35.7 Å². The highest BCUT2D eigenvalue weighted by Crippen LogP contribution is 2.31. The molecule has 4 rings (SSSR count). The van der Waals surface area contributed by atoms with E-state index in [0.29, 0.717) is 19.2 Å². The number of fused-ring (bicyclic) bond motifs is 1. The lowest BCUT2D eigenvalue weighted by Gasteiger charge is -2.22. The van der Waals surface area contributed by atoms with Gasteiger partial charge < -0.3 is 14.6 Å². The van der Waals surface area contributed by atoms with Gasteiger partial charge in [0.05, 0.1) is 12.2 Å². The van der Waals surface area contributed by atoms with Crippen LogP contribution in [0.25, 0.3) is 10.9 Å². The minimum Gasteiger partial charge on any atom is -0.494 e. The number of H-pyrrole nitrogens is 1. The van der Waals surface area contributed by atoms with Crippen molar-refractivity contribution in [3.05, 3.63) is 65.9 Å². The molecule has 0 bridgehead atoms. The monoisotopic (exact) mass is 334 g/mol. The zero-order valence-electron chi connectivity index (χ0n) is 14.4. The molecule has 128 valence electrons. The number of rotatable bonds is 6. The van der Waals surface area contributed by atoms with Crippen molar-refractivity contribution in [2.75, 3.05) is 6.61 Å². The predicted molar refractivity (Wildman–Crippen MR) is 98.8 cm³/mol. The van der Waals surface area contributed by atoms with E-state index in [1.54, 1.807) is 0 Å². The van der Waals surface area contributed by atoms with E-state index in [4.69, 9.17) is 4.74 Å². The molecule has 0 saturated heterocycles. The molecule has 2 aromatic carbocycles. The number of nitrogens with one attached hydrogen (secondary N) is 1. The second-order valence-corrected chi connectivity index (χ2v) is 6.49. The molecule has 1 N–H and O–H groups in total. The Bertz CT molecular complexity index is 896. The number of carbonyl (C=O) groups excluding carboxylic acids is 1. The molecule has 1 fully saturated rings. The fourth-order valence-corrected chi connectivity index (χ4v) is 3.25. The van der Waals surface area contributed by atoms with Gasteiger partial charge in [0.2, 0.25) is 0 Å². The molecule has 0 aliphatic heterocycles. The number of amides is 1. The summed E-state index contributed by atoms with van der Waals surface area (Å²) in [6.45, 7) is 3.23. The van der Waals surface area contributed by atoms with Gasteiger partial charge in [-0.25, -0.2) is 0 Å². The SMILES string of the molecule is CCOc1cccc(CN(C(=O)c2c[nH]c3ccccc23)C2CC2)c1. The normalized spacial score (nSPS) is 13.8. The fourth-order valence-electron chi connectivity index (χ4n) is 3.25. The summed E-state index contributed by atoms with van der Waals surface area (Å²) in [5, 5.41) is 0.987. The Morgan fingerprint density at radius 3 is 2.84 bits per heavy atom. The number of ether oxygens (including phenoxy) is 1. The van der Waals surface area contributed by atoms with E-state index in [2.05, 4.69) is 11.1 Å². The molecular weight excluding hydrogens is 312 g/mol. The minimum atomic E-state index is 0.0989. The smallest absolute Gasteiger partial charge is 0.256 e. The summed E-state index contributed by atoms with van der Waals surface area (Å²) in [5.41, 5.74) is 2.86. The van der Waals surface area contributed by atoms with Crippen LogP contribution >= 0.6 is 0 Å². The van der Waals surface area contributed by atoms with Crippen LogP contribution in [0.4, 0.5) is 0 Å². The summed E-state index contributed by atoms with van der Waals surface area (Å²) in [6.07, 6.45) is 4.00. The first-order chi connectivity index (χ1) is 12.3. The van der Waals surface area contributed by atoms with Gasteiger partial charge in [0.15, 0.2) is 0 Å². The van der Waals surface area contributed by atoms with Crippen molar-refractivity contribution in [1.29, 1.82) is 0 Å². The molecule has 0 radical (unpaired) electrons. The molecule has 1 heterocycles. The Balaban J connectivity index is 1.61. The Morgan fingerprint density at radius 2 is 2.04 bits per heavy atom. The average Bonchev–Trinajstić information content (AvgIpc) is 3.38. The lowest BCUT2D eigenvalue weighted by Crippen LogP contribution is -2.32. The van der Waals surface area contributed by atoms with E-state index in [1.165, 1.54) is 0 Å². The molecule has 0 unspecified atom stereocenters. The van der Waals surface area contributed by atoms with E-state index in [1.807, 2.05) is 60.5 Å². The lowest BCUT2D eigenvalue weighted by atomic mass is 10.1. The fraction of sp³-hybridized carbons (Fsp3) is 0.286. The first kappa shape index (κ1) is 15.8. The van der Waals surface area contributed by atoms with Gasteiger partial charge in [0.1, 0.15) is 5.75 Å². The highest BCUT2D eigenvalue weighted by Gasteiger charge is 2.33. The topological polar surface area (TPSA) is 45.3 Å². The van der Waals surface area contributed by atoms with Crippen molar-refractivity contribution < 1.29 is 9.53 Å². The molecule has 1 amide bonds. The number of benzene rings is 2. The van der Waals surface area contributed by atoms with Crippen LogP contribution in [0.15, 0.2) is 54.7 Å². The molecule has 1 aromatic heterocycles. The maximum Gasteiger partial charge on any atom is 0.256 e. The van der Waals surface area contributed by atoms with Crippen LogP contribution in [0.5, 0.6) is 5.75 Å². The molecule has 1 saturated carbocycles. The molecule has 1 aliphatic rings. The summed E-state index contributed by atoms with van der Waals surface area (Å²) in [5.74, 6) is 0.956. The highest BCUT2D eigenvalue weighted by molar-refractivity contribution is 6.06. The van der Waals surface area contributed by atoms with Gasteiger partial charge in [-0.2, -0.15) is 0 Å². The lowest BCUT2D eigenvalue weighted by molar-refractivity contribution is 0.0732. The van der Waals surface area contributed by atoms with Gasteiger partial charge >= 0.3 is 0 Å². The highest BCUT2D eigenvalue weighted by atomic mass is 16.5. The molecular formula is C21H22N2O2. The van der Waals surface area contributed by atoms with Crippen LogP contribution in [0.2, 0.25) is 0 Å². The Kier molecular flexibility index (Phi) is 4.18. The molecule has 1 aliphatic carbocycles. The maximum absolute atomic E-state index is 13.2. The van der Waals surface area contributed by atoms with E-state index in [-0.39, 0.29) is 5.91 Å². The van der Waals surface area contributed by atoms with Crippen LogP contribution in [0, 0.1) is 0 Å². The zero-order valence-corrected chi connectivity index (χ0v) is 14.4. The molecule has 4 nitrogen and oxygen atoms in total. The Hall–Kier alpha value is -2.75. The number of carbonyl (C=O) groups is 1. The molecule has 25 heavy (non-hydrogen) atoms. The van der Waals surface area contributed by atoms with Gasteiger partial charge in [-0.05, 0) is 43.5 Å². The van der Waals surface area contributed by atoms with Crippen molar-refractivity contribution in [3.8, 4) is 5.75 Å². The maximum atomic E-state index is 13.2. The summed E-state index contributed by atoms with van der Waals surface area (Å²) in [7, 11) is 0. The second-order valence-electron chi connectivity index (χ2n) is 6.49. The van der Waals surface area contributed by atoms with Crippen LogP contribution in [-0.2, 0) is 6.54 Å². The van der Waals surface area contributed by atoms with Gasteiger partial charge in [-0.3, -0.25) is 4.79 Å². The number of para-hydroxylation sites is 1. The van der Waals surface area contributed by atoms with Gasteiger partial charge in [0.25, 0.3) is 5.91 Å². The third-order valence-electron chi connectivity index (χ3n) is 4.63. The largest absolute Gasteiger partial charge is 0.494 e. The number of aromatic amines is 1. The first-order valence-electron chi connectivity index (χ1n) is 8.85. The van der Waals surface area contributed by atoms with Crippen molar-refractivity contribution in [1.82, 2.24) is 9.88 Å². The number of hydrogen-bond acceptors (Lipinski definition) is 2. The van der Waals surface area contributed by atoms with E-state index in [9.17, 15) is 4.79 Å². The van der Waals surface area contributed by atoms with Crippen molar-refractivity contribution in [3.63, 3.8) is 0 Å². The summed E-state index contributed by atoms with van der Waals surface area (Å²) >= 11 is 0. The predicted octanol–water partition coefficient (Wildman–Crippen LogP) is 4.37. The van der Waals surface area contributed by atoms with Crippen LogP contribution in [-0.4, -0.2) is 28.4 Å². The van der Waals surface area contributed by atoms with Gasteiger partial charge in [0, 0.05) is 29.7 Å². The molecule has 4 heteroatoms. The summed E-state index contributed by atoms with van der Waals surface area (Å²) in [4.78, 5) is 18.4. The Morgan fingerprint density at radius 1 is 1.20 bits per heavy atom. The van der Waals surface area contributed by atoms with E-state index < -0.39 is 0 Å². The number of aromatic nitrogens is 1. The third kappa shape index (κ3) is 3.25.